The van der Waals surface area contributed by atoms with E-state index in [2.05, 4.69) is 21.6 Å². The first-order valence-electron chi connectivity index (χ1n) is 31.3. The molecule has 514 valence electrons. The van der Waals surface area contributed by atoms with Crippen LogP contribution in [-0.2, 0) is 104 Å². The summed E-state index contributed by atoms with van der Waals surface area (Å²) in [5.74, 6) is -0.506. The van der Waals surface area contributed by atoms with Crippen molar-refractivity contribution in [3.63, 3.8) is 0 Å². The molecule has 0 aliphatic carbocycles. The number of aliphatic hydroxyl groups is 2. The molecule has 5 unspecified atom stereocenters. The Morgan fingerprint density at radius 1 is 0.333 bits per heavy atom. The normalized spacial score (nSPS) is 16.5. The van der Waals surface area contributed by atoms with Gasteiger partial charge < -0.3 is 95.5 Å². The maximum absolute atomic E-state index is 11.6. The maximum Gasteiger partial charge on any atom is 0.303 e. The molecule has 1 fully saturated rings. The molecular formula is C60H113NO24S2. The van der Waals surface area contributed by atoms with E-state index in [0.29, 0.717) is 145 Å². The average Bonchev–Trinajstić information content (AvgIpc) is 1.07. The minimum absolute atomic E-state index is 0.0362. The molecule has 0 aromatic carbocycles. The molecule has 25 nitrogen and oxygen atoms in total. The zero-order valence-electron chi connectivity index (χ0n) is 53.4. The first-order chi connectivity index (χ1) is 42.4. The number of rotatable bonds is 63. The van der Waals surface area contributed by atoms with Crippen molar-refractivity contribution < 1.29 is 115 Å². The van der Waals surface area contributed by atoms with Crippen LogP contribution in [0.5, 0.6) is 0 Å². The molecule has 1 saturated heterocycles. The molecule has 3 N–H and O–H groups in total. The monoisotopic (exact) mass is 1300 g/mol. The van der Waals surface area contributed by atoms with E-state index in [1.807, 2.05) is 0 Å². The SMILES string of the molecule is CC(=N)OC1OC(COC(C)=O)C(OC(C)=O)C(OC(C)=O)C1OC(C)=O.OCCOCCOCCOCCOCCOCCOCCCCCCCCCCSSCCCCCCCCCCOCCOCCOCCOCCOCCOCCO. The van der Waals surface area contributed by atoms with Crippen molar-refractivity contribution in [3.8, 4) is 0 Å². The summed E-state index contributed by atoms with van der Waals surface area (Å²) in [5, 5.41) is 24.7. The van der Waals surface area contributed by atoms with Gasteiger partial charge in [0.1, 0.15) is 12.7 Å². The van der Waals surface area contributed by atoms with Gasteiger partial charge in [-0.15, -0.1) is 0 Å². The lowest BCUT2D eigenvalue weighted by atomic mass is 9.98. The summed E-state index contributed by atoms with van der Waals surface area (Å²) < 4.78 is 96.6. The predicted octanol–water partition coefficient (Wildman–Crippen LogP) is 6.88. The lowest BCUT2D eigenvalue weighted by Gasteiger charge is -2.43. The lowest BCUT2D eigenvalue weighted by molar-refractivity contribution is -0.291. The van der Waals surface area contributed by atoms with E-state index < -0.39 is 54.6 Å². The van der Waals surface area contributed by atoms with Crippen LogP contribution in [0.4, 0.5) is 0 Å². The highest BCUT2D eigenvalue weighted by Crippen LogP contribution is 2.30. The summed E-state index contributed by atoms with van der Waals surface area (Å²) in [5.41, 5.74) is 0. The minimum Gasteiger partial charge on any atom is -0.463 e. The fraction of sp³-hybridized carbons (Fsp3) is 0.917. The van der Waals surface area contributed by atoms with Crippen LogP contribution in [0, 0.1) is 5.41 Å². The Balaban J connectivity index is 0.00000227. The molecule has 27 heteroatoms. The van der Waals surface area contributed by atoms with Gasteiger partial charge in [-0.05, 0) is 25.7 Å². The number of carbonyl (C=O) groups is 4. The number of hydrogen-bond donors (Lipinski definition) is 3. The molecule has 0 saturated carbocycles. The number of ether oxygens (including phenoxy) is 18. The highest BCUT2D eigenvalue weighted by Gasteiger charge is 2.53. The lowest BCUT2D eigenvalue weighted by Crippen LogP contribution is -2.63. The fourth-order valence-electron chi connectivity index (χ4n) is 7.96. The van der Waals surface area contributed by atoms with Crippen LogP contribution in [0.25, 0.3) is 0 Å². The topological polar surface area (TPSA) is 299 Å². The molecule has 5 atom stereocenters. The third-order valence-corrected chi connectivity index (χ3v) is 14.6. The summed E-state index contributed by atoms with van der Waals surface area (Å²) in [6.07, 6.45) is 14.6. The van der Waals surface area contributed by atoms with Crippen LogP contribution < -0.4 is 0 Å². The number of aliphatic hydroxyl groups excluding tert-OH is 2. The zero-order chi connectivity index (χ0) is 63.7. The largest absolute Gasteiger partial charge is 0.463 e. The van der Waals surface area contributed by atoms with E-state index >= 15 is 0 Å². The van der Waals surface area contributed by atoms with E-state index in [1.54, 1.807) is 0 Å². The molecule has 0 radical (unpaired) electrons. The van der Waals surface area contributed by atoms with Crippen molar-refractivity contribution in [3.05, 3.63) is 0 Å². The van der Waals surface area contributed by atoms with E-state index in [1.165, 1.54) is 115 Å². The molecule has 0 amide bonds. The molecule has 0 bridgehead atoms. The number of nitrogens with one attached hydrogen (secondary N) is 1. The van der Waals surface area contributed by atoms with E-state index in [-0.39, 0.29) is 25.7 Å². The zero-order valence-corrected chi connectivity index (χ0v) is 55.0. The van der Waals surface area contributed by atoms with Gasteiger partial charge in [-0.1, -0.05) is 98.6 Å². The first kappa shape index (κ1) is 84.5. The van der Waals surface area contributed by atoms with Gasteiger partial charge in [0.15, 0.2) is 18.1 Å². The van der Waals surface area contributed by atoms with Crippen LogP contribution in [0.1, 0.15) is 137 Å². The second kappa shape index (κ2) is 66.4. The van der Waals surface area contributed by atoms with Crippen molar-refractivity contribution in [1.82, 2.24) is 0 Å². The molecule has 0 aromatic heterocycles. The Bertz CT molecular complexity index is 1510. The van der Waals surface area contributed by atoms with Crippen LogP contribution in [0.3, 0.4) is 0 Å². The second-order valence-corrected chi connectivity index (χ2v) is 22.5. The smallest absolute Gasteiger partial charge is 0.303 e. The average molecular weight is 1300 g/mol. The number of carbonyl (C=O) groups excluding carboxylic acids is 4. The van der Waals surface area contributed by atoms with Gasteiger partial charge in [0, 0.05) is 59.3 Å². The molecule has 1 aliphatic rings. The predicted molar refractivity (Wildman–Crippen MR) is 329 cm³/mol. The fourth-order valence-corrected chi connectivity index (χ4v) is 10.3. The molecule has 1 rings (SSSR count). The Kier molecular flexibility index (Phi) is 64.4. The molecule has 0 aromatic rings. The van der Waals surface area contributed by atoms with Crippen LogP contribution in [0.2, 0.25) is 0 Å². The van der Waals surface area contributed by atoms with Crippen molar-refractivity contribution >= 4 is 51.4 Å². The second-order valence-electron chi connectivity index (χ2n) is 19.8. The van der Waals surface area contributed by atoms with Gasteiger partial charge in [-0.2, -0.15) is 0 Å². The van der Waals surface area contributed by atoms with E-state index in [4.69, 9.17) is 101 Å². The van der Waals surface area contributed by atoms with Gasteiger partial charge in [-0.3, -0.25) is 24.6 Å². The Morgan fingerprint density at radius 3 is 0.885 bits per heavy atom. The summed E-state index contributed by atoms with van der Waals surface area (Å²) in [7, 11) is 4.15. The Morgan fingerprint density at radius 2 is 0.598 bits per heavy atom. The molecule has 1 heterocycles. The number of esters is 4. The summed E-state index contributed by atoms with van der Waals surface area (Å²) >= 11 is 0. The van der Waals surface area contributed by atoms with Gasteiger partial charge in [0.25, 0.3) is 0 Å². The van der Waals surface area contributed by atoms with Gasteiger partial charge in [0.05, 0.1) is 159 Å². The first-order valence-corrected chi connectivity index (χ1v) is 33.8. The van der Waals surface area contributed by atoms with Gasteiger partial charge >= 0.3 is 23.9 Å². The van der Waals surface area contributed by atoms with Crippen molar-refractivity contribution in [2.45, 2.75) is 168 Å². The van der Waals surface area contributed by atoms with Crippen molar-refractivity contribution in [2.75, 3.05) is 190 Å². The van der Waals surface area contributed by atoms with Crippen LogP contribution in [0.15, 0.2) is 0 Å². The third kappa shape index (κ3) is 60.8. The summed E-state index contributed by atoms with van der Waals surface area (Å²) in [6.45, 7) is 18.9. The Labute approximate surface area is 527 Å². The van der Waals surface area contributed by atoms with Gasteiger partial charge in [-0.25, -0.2) is 0 Å². The van der Waals surface area contributed by atoms with Crippen LogP contribution in [-0.4, -0.2) is 261 Å². The molecule has 0 spiro atoms. The number of hydrogen-bond acceptors (Lipinski definition) is 27. The maximum atomic E-state index is 11.6. The molecule has 87 heavy (non-hydrogen) atoms. The number of unbranched alkanes of at least 4 members (excludes halogenated alkanes) is 14. The molecular weight excluding hydrogens is 1180 g/mol. The van der Waals surface area contributed by atoms with Crippen molar-refractivity contribution in [2.24, 2.45) is 0 Å². The van der Waals surface area contributed by atoms with Crippen molar-refractivity contribution in [1.29, 1.82) is 5.41 Å². The third-order valence-electron chi connectivity index (χ3n) is 12.0. The summed E-state index contributed by atoms with van der Waals surface area (Å²) in [6, 6.07) is 0. The highest BCUT2D eigenvalue weighted by molar-refractivity contribution is 8.76. The van der Waals surface area contributed by atoms with Gasteiger partial charge in [0.2, 0.25) is 12.4 Å². The minimum atomic E-state index is -1.36. The Hall–Kier alpha value is -2.55. The summed E-state index contributed by atoms with van der Waals surface area (Å²) in [4.78, 5) is 45.7. The highest BCUT2D eigenvalue weighted by atomic mass is 33.1. The van der Waals surface area contributed by atoms with Crippen LogP contribution >= 0.6 is 21.6 Å². The standard InChI is InChI=1S/C44H90O14S2.C16H23NO10/c45-17-21-49-25-29-53-33-37-57-41-39-55-35-31-51-27-23-47-19-13-9-5-1-3-7-11-15-43-59-60-44-16-12-8-4-2-6-10-14-20-48-24-28-52-32-36-56-40-42-58-38-34-54-30-26-50-22-18-46;1-7(17)23-16-15(26-11(5)21)14(25-10(4)20)13(24-9(3)19)12(27-16)6-22-8(2)18/h45-46H,1-44H2;12-17H,6H2,1-5H3. The van der Waals surface area contributed by atoms with E-state index in [9.17, 15) is 19.2 Å². The van der Waals surface area contributed by atoms with E-state index in [0.717, 1.165) is 46.8 Å². The molecule has 1 aliphatic heterocycles. The quantitative estimate of drug-likeness (QED) is 0.0140.